The van der Waals surface area contributed by atoms with Gasteiger partial charge in [0, 0.05) is 6.42 Å². The van der Waals surface area contributed by atoms with Crippen molar-refractivity contribution in [1.29, 1.82) is 0 Å². The van der Waals surface area contributed by atoms with E-state index in [1.54, 1.807) is 0 Å². The summed E-state index contributed by atoms with van der Waals surface area (Å²) in [6.07, 6.45) is 0.980. The average Bonchev–Trinajstić information content (AvgIpc) is 2.10. The summed E-state index contributed by atoms with van der Waals surface area (Å²) >= 11 is 0. The van der Waals surface area contributed by atoms with Crippen LogP contribution in [-0.4, -0.2) is 23.1 Å². The summed E-state index contributed by atoms with van der Waals surface area (Å²) in [6, 6.07) is 0. The molecule has 0 bridgehead atoms. The molecule has 1 aliphatic rings. The lowest BCUT2D eigenvalue weighted by Gasteiger charge is -2.01. The van der Waals surface area contributed by atoms with Crippen LogP contribution in [0.4, 0.5) is 0 Å². The van der Waals surface area contributed by atoms with E-state index >= 15 is 0 Å². The van der Waals surface area contributed by atoms with Crippen molar-refractivity contribution in [2.75, 3.05) is 0 Å². The van der Waals surface area contributed by atoms with Gasteiger partial charge in [0.15, 0.2) is 0 Å². The van der Waals surface area contributed by atoms with Crippen molar-refractivity contribution in [2.24, 2.45) is 5.16 Å². The highest BCUT2D eigenvalue weighted by Crippen LogP contribution is 2.15. The van der Waals surface area contributed by atoms with Gasteiger partial charge in [-0.05, 0) is 13.8 Å². The van der Waals surface area contributed by atoms with E-state index in [4.69, 9.17) is 9.94 Å². The first-order valence-corrected chi connectivity index (χ1v) is 3.10. The minimum atomic E-state index is 0.00463. The highest BCUT2D eigenvalue weighted by atomic mass is 16.5. The fourth-order valence-electron chi connectivity index (χ4n) is 1.06. The third kappa shape index (κ3) is 1.21. The van der Waals surface area contributed by atoms with Crippen molar-refractivity contribution in [3.63, 3.8) is 0 Å². The lowest BCUT2D eigenvalue weighted by molar-refractivity contribution is 0.0788. The van der Waals surface area contributed by atoms with Crippen molar-refractivity contribution in [1.82, 2.24) is 0 Å². The fourth-order valence-corrected chi connectivity index (χ4v) is 1.06. The quantitative estimate of drug-likeness (QED) is 0.392. The van der Waals surface area contributed by atoms with Crippen molar-refractivity contribution in [3.05, 3.63) is 0 Å². The molecule has 0 radical (unpaired) electrons. The molecule has 3 heteroatoms. The number of rotatable bonds is 0. The van der Waals surface area contributed by atoms with Gasteiger partial charge in [0.1, 0.15) is 0 Å². The summed E-state index contributed by atoms with van der Waals surface area (Å²) in [7, 11) is 0. The third-order valence-corrected chi connectivity index (χ3v) is 1.53. The summed E-state index contributed by atoms with van der Waals surface area (Å²) in [5, 5.41) is 11.5. The maximum atomic E-state index is 8.36. The van der Waals surface area contributed by atoms with Crippen LogP contribution in [0.5, 0.6) is 0 Å². The molecule has 1 aliphatic heterocycles. The van der Waals surface area contributed by atoms with Gasteiger partial charge in [0.2, 0.25) is 0 Å². The topological polar surface area (TPSA) is 41.8 Å². The molecule has 1 N–H and O–H groups in total. The van der Waals surface area contributed by atoms with Crippen LogP contribution in [0.1, 0.15) is 20.3 Å². The van der Waals surface area contributed by atoms with E-state index < -0.39 is 0 Å². The lowest BCUT2D eigenvalue weighted by atomic mass is 10.2. The summed E-state index contributed by atoms with van der Waals surface area (Å²) in [5.41, 5.74) is 0.752. The van der Waals surface area contributed by atoms with Crippen molar-refractivity contribution in [3.8, 4) is 0 Å². The Balaban J connectivity index is 2.58. The predicted octanol–water partition coefficient (Wildman–Crippen LogP) is 1.01. The fraction of sp³-hybridized carbons (Fsp3) is 0.833. The Morgan fingerprint density at radius 1 is 1.67 bits per heavy atom. The Morgan fingerprint density at radius 2 is 2.33 bits per heavy atom. The minimum absolute atomic E-state index is 0.00463. The number of nitrogens with zero attached hydrogens (tertiary/aromatic N) is 1. The molecule has 52 valence electrons. The number of hydrogen-bond donors (Lipinski definition) is 1. The molecule has 0 aromatic rings. The normalized spacial score (nSPS) is 40.0. The number of oxime groups is 1. The van der Waals surface area contributed by atoms with E-state index in [2.05, 4.69) is 5.16 Å². The molecule has 1 saturated heterocycles. The number of hydrogen-bond acceptors (Lipinski definition) is 3. The lowest BCUT2D eigenvalue weighted by Crippen LogP contribution is -2.09. The minimum Gasteiger partial charge on any atom is -0.411 e. The van der Waals surface area contributed by atoms with Crippen LogP contribution in [0.25, 0.3) is 0 Å². The summed E-state index contributed by atoms with van der Waals surface area (Å²) in [4.78, 5) is 0. The Bertz CT molecular complexity index is 133. The molecular formula is C6H11NO2. The second-order valence-corrected chi connectivity index (χ2v) is 2.38. The monoisotopic (exact) mass is 129 g/mol. The van der Waals surface area contributed by atoms with Crippen LogP contribution in [-0.2, 0) is 4.74 Å². The Morgan fingerprint density at radius 3 is 2.56 bits per heavy atom. The summed E-state index contributed by atoms with van der Waals surface area (Å²) < 4.78 is 5.27. The molecule has 0 amide bonds. The average molecular weight is 129 g/mol. The summed E-state index contributed by atoms with van der Waals surface area (Å²) in [5.74, 6) is 0. The smallest absolute Gasteiger partial charge is 0.0965 e. The second kappa shape index (κ2) is 2.35. The van der Waals surface area contributed by atoms with E-state index in [-0.39, 0.29) is 12.2 Å². The molecule has 0 aromatic carbocycles. The molecule has 2 unspecified atom stereocenters. The highest BCUT2D eigenvalue weighted by molar-refractivity contribution is 5.89. The maximum Gasteiger partial charge on any atom is 0.0965 e. The zero-order chi connectivity index (χ0) is 6.85. The zero-order valence-electron chi connectivity index (χ0n) is 5.66. The van der Waals surface area contributed by atoms with Gasteiger partial charge in [0.25, 0.3) is 0 Å². The van der Waals surface area contributed by atoms with Crippen LogP contribution >= 0.6 is 0 Å². The molecule has 3 nitrogen and oxygen atoms in total. The predicted molar refractivity (Wildman–Crippen MR) is 33.8 cm³/mol. The Labute approximate surface area is 54.3 Å². The van der Waals surface area contributed by atoms with Crippen LogP contribution < -0.4 is 0 Å². The first kappa shape index (κ1) is 6.55. The van der Waals surface area contributed by atoms with Crippen LogP contribution in [0.15, 0.2) is 5.16 Å². The highest BCUT2D eigenvalue weighted by Gasteiger charge is 2.24. The molecule has 1 fully saturated rings. The molecular weight excluding hydrogens is 118 g/mol. The van der Waals surface area contributed by atoms with Crippen LogP contribution in [0.2, 0.25) is 0 Å². The largest absolute Gasteiger partial charge is 0.411 e. The van der Waals surface area contributed by atoms with Gasteiger partial charge < -0.3 is 9.94 Å². The molecule has 1 heterocycles. The van der Waals surface area contributed by atoms with E-state index in [0.29, 0.717) is 0 Å². The van der Waals surface area contributed by atoms with Crippen LogP contribution in [0, 0.1) is 0 Å². The van der Waals surface area contributed by atoms with E-state index in [0.717, 1.165) is 12.1 Å². The van der Waals surface area contributed by atoms with Crippen LogP contribution in [0.3, 0.4) is 0 Å². The Hall–Kier alpha value is -0.570. The molecule has 0 spiro atoms. The van der Waals surface area contributed by atoms with Crippen molar-refractivity contribution >= 4 is 5.71 Å². The van der Waals surface area contributed by atoms with E-state index in [1.165, 1.54) is 0 Å². The standard InChI is InChI=1S/C6H11NO2/c1-4-3-6(7-8)5(2)9-4/h4-5,8H,3H2,1-2H3/b7-6+. The first-order chi connectivity index (χ1) is 4.24. The van der Waals surface area contributed by atoms with Gasteiger partial charge in [-0.15, -0.1) is 0 Å². The first-order valence-electron chi connectivity index (χ1n) is 3.10. The molecule has 9 heavy (non-hydrogen) atoms. The van der Waals surface area contributed by atoms with E-state index in [9.17, 15) is 0 Å². The second-order valence-electron chi connectivity index (χ2n) is 2.38. The summed E-state index contributed by atoms with van der Waals surface area (Å²) in [6.45, 7) is 3.85. The molecule has 0 aliphatic carbocycles. The van der Waals surface area contributed by atoms with Gasteiger partial charge in [-0.25, -0.2) is 0 Å². The van der Waals surface area contributed by atoms with E-state index in [1.807, 2.05) is 13.8 Å². The molecule has 0 aromatic heterocycles. The maximum absolute atomic E-state index is 8.36. The van der Waals surface area contributed by atoms with Gasteiger partial charge in [0.05, 0.1) is 17.9 Å². The zero-order valence-corrected chi connectivity index (χ0v) is 5.66. The number of ether oxygens (including phenoxy) is 1. The van der Waals surface area contributed by atoms with Crippen molar-refractivity contribution in [2.45, 2.75) is 32.5 Å². The molecule has 1 rings (SSSR count). The SMILES string of the molecule is CC1C/C(=N\O)C(C)O1. The van der Waals surface area contributed by atoms with Gasteiger partial charge in [-0.1, -0.05) is 5.16 Å². The third-order valence-electron chi connectivity index (χ3n) is 1.53. The Kier molecular flexibility index (Phi) is 1.71. The van der Waals surface area contributed by atoms with Gasteiger partial charge in [-0.2, -0.15) is 0 Å². The van der Waals surface area contributed by atoms with Gasteiger partial charge >= 0.3 is 0 Å². The van der Waals surface area contributed by atoms with Crippen molar-refractivity contribution < 1.29 is 9.94 Å². The van der Waals surface area contributed by atoms with Gasteiger partial charge in [-0.3, -0.25) is 0 Å². The molecule has 0 saturated carbocycles. The molecule has 2 atom stereocenters.